The normalized spacial score (nSPS) is 43.5. The average Bonchev–Trinajstić information content (AvgIpc) is 2.63. The van der Waals surface area contributed by atoms with Gasteiger partial charge in [0.25, 0.3) is 0 Å². The molecule has 2 rings (SSSR count). The minimum absolute atomic E-state index is 1.05. The minimum atomic E-state index is 1.05. The Labute approximate surface area is 63.2 Å². The highest BCUT2D eigenvalue weighted by molar-refractivity contribution is 4.97. The van der Waals surface area contributed by atoms with Crippen LogP contribution in [0.2, 0.25) is 0 Å². The highest BCUT2D eigenvalue weighted by atomic mass is 14.9. The van der Waals surface area contributed by atoms with E-state index in [2.05, 4.69) is 12.2 Å². The molecule has 2 fully saturated rings. The van der Waals surface area contributed by atoms with E-state index in [0.29, 0.717) is 0 Å². The van der Waals surface area contributed by atoms with E-state index in [1.165, 1.54) is 19.4 Å². The lowest BCUT2D eigenvalue weighted by molar-refractivity contribution is 0.446. The minimum Gasteiger partial charge on any atom is -0.317 e. The third-order valence-electron chi connectivity index (χ3n) is 3.15. The molecule has 3 unspecified atom stereocenters. The first kappa shape index (κ1) is 6.66. The third-order valence-corrected chi connectivity index (χ3v) is 3.15. The van der Waals surface area contributed by atoms with Crippen LogP contribution in [0.25, 0.3) is 0 Å². The van der Waals surface area contributed by atoms with Crippen LogP contribution in [0.3, 0.4) is 0 Å². The SMILES string of the molecule is CCNCC1CCC2CC12. The molecular weight excluding hydrogens is 122 g/mol. The Kier molecular flexibility index (Phi) is 1.69. The van der Waals surface area contributed by atoms with Crippen LogP contribution in [0.4, 0.5) is 0 Å². The van der Waals surface area contributed by atoms with Gasteiger partial charge in [0.1, 0.15) is 0 Å². The highest BCUT2D eigenvalue weighted by Crippen LogP contribution is 2.54. The van der Waals surface area contributed by atoms with Crippen molar-refractivity contribution in [1.29, 1.82) is 0 Å². The van der Waals surface area contributed by atoms with Gasteiger partial charge in [0.05, 0.1) is 0 Å². The number of hydrogen-bond acceptors (Lipinski definition) is 1. The molecule has 0 saturated heterocycles. The molecule has 1 nitrogen and oxygen atoms in total. The molecule has 2 aliphatic rings. The van der Waals surface area contributed by atoms with E-state index in [4.69, 9.17) is 0 Å². The fourth-order valence-corrected chi connectivity index (χ4v) is 2.41. The molecular formula is C9H17N. The Bertz CT molecular complexity index is 122. The zero-order valence-electron chi connectivity index (χ0n) is 6.77. The molecule has 0 heterocycles. The first-order valence-corrected chi connectivity index (χ1v) is 4.62. The second-order valence-corrected chi connectivity index (χ2v) is 3.80. The van der Waals surface area contributed by atoms with Crippen molar-refractivity contribution in [2.24, 2.45) is 17.8 Å². The van der Waals surface area contributed by atoms with Crippen LogP contribution in [0.15, 0.2) is 0 Å². The van der Waals surface area contributed by atoms with Gasteiger partial charge in [0.15, 0.2) is 0 Å². The first-order chi connectivity index (χ1) is 4.92. The van der Waals surface area contributed by atoms with E-state index in [-0.39, 0.29) is 0 Å². The van der Waals surface area contributed by atoms with Gasteiger partial charge in [-0.2, -0.15) is 0 Å². The lowest BCUT2D eigenvalue weighted by Gasteiger charge is -2.10. The summed E-state index contributed by atoms with van der Waals surface area (Å²) in [6.45, 7) is 4.63. The van der Waals surface area contributed by atoms with Crippen LogP contribution in [0.1, 0.15) is 26.2 Å². The lowest BCUT2D eigenvalue weighted by Crippen LogP contribution is -2.22. The molecule has 0 radical (unpaired) electrons. The van der Waals surface area contributed by atoms with Crippen LogP contribution in [-0.4, -0.2) is 13.1 Å². The van der Waals surface area contributed by atoms with Crippen LogP contribution in [0.5, 0.6) is 0 Å². The van der Waals surface area contributed by atoms with Crippen molar-refractivity contribution in [3.05, 3.63) is 0 Å². The van der Waals surface area contributed by atoms with Gasteiger partial charge in [0, 0.05) is 0 Å². The molecule has 0 aromatic rings. The topological polar surface area (TPSA) is 12.0 Å². The second-order valence-electron chi connectivity index (χ2n) is 3.80. The Morgan fingerprint density at radius 1 is 1.40 bits per heavy atom. The summed E-state index contributed by atoms with van der Waals surface area (Å²) in [4.78, 5) is 0. The quantitative estimate of drug-likeness (QED) is 0.627. The molecule has 0 bridgehead atoms. The summed E-state index contributed by atoms with van der Waals surface area (Å²) in [5.41, 5.74) is 0. The molecule has 1 N–H and O–H groups in total. The lowest BCUT2D eigenvalue weighted by atomic mass is 10.0. The number of nitrogens with one attached hydrogen (secondary N) is 1. The predicted octanol–water partition coefficient (Wildman–Crippen LogP) is 1.64. The smallest absolute Gasteiger partial charge is 0.00179 e. The molecule has 58 valence electrons. The van der Waals surface area contributed by atoms with Gasteiger partial charge >= 0.3 is 0 Å². The maximum Gasteiger partial charge on any atom is -0.00179 e. The summed E-state index contributed by atoms with van der Waals surface area (Å²) in [6.07, 6.45) is 4.58. The van der Waals surface area contributed by atoms with E-state index < -0.39 is 0 Å². The fraction of sp³-hybridized carbons (Fsp3) is 1.00. The molecule has 2 aliphatic carbocycles. The van der Waals surface area contributed by atoms with Gasteiger partial charge in [-0.05, 0) is 50.1 Å². The zero-order valence-corrected chi connectivity index (χ0v) is 6.77. The van der Waals surface area contributed by atoms with Crippen molar-refractivity contribution < 1.29 is 0 Å². The standard InChI is InChI=1S/C9H17N/c1-2-10-6-8-4-3-7-5-9(7)8/h7-10H,2-6H2,1H3. The molecule has 10 heavy (non-hydrogen) atoms. The Hall–Kier alpha value is -0.0400. The van der Waals surface area contributed by atoms with Crippen LogP contribution in [0, 0.1) is 17.8 Å². The molecule has 2 saturated carbocycles. The van der Waals surface area contributed by atoms with Crippen LogP contribution in [-0.2, 0) is 0 Å². The van der Waals surface area contributed by atoms with Gasteiger partial charge in [0.2, 0.25) is 0 Å². The average molecular weight is 139 g/mol. The molecule has 0 amide bonds. The van der Waals surface area contributed by atoms with Gasteiger partial charge < -0.3 is 5.32 Å². The highest BCUT2D eigenvalue weighted by Gasteiger charge is 2.47. The van der Waals surface area contributed by atoms with Crippen molar-refractivity contribution in [1.82, 2.24) is 5.32 Å². The first-order valence-electron chi connectivity index (χ1n) is 4.62. The van der Waals surface area contributed by atoms with Crippen molar-refractivity contribution in [3.63, 3.8) is 0 Å². The second kappa shape index (κ2) is 2.54. The largest absolute Gasteiger partial charge is 0.317 e. The van der Waals surface area contributed by atoms with E-state index in [1.54, 1.807) is 6.42 Å². The van der Waals surface area contributed by atoms with E-state index in [0.717, 1.165) is 24.3 Å². The Balaban J connectivity index is 1.72. The summed E-state index contributed by atoms with van der Waals surface area (Å²) in [5.74, 6) is 3.34. The third kappa shape index (κ3) is 1.07. The summed E-state index contributed by atoms with van der Waals surface area (Å²) in [5, 5.41) is 3.45. The maximum atomic E-state index is 3.45. The van der Waals surface area contributed by atoms with Crippen molar-refractivity contribution in [3.8, 4) is 0 Å². The van der Waals surface area contributed by atoms with E-state index in [9.17, 15) is 0 Å². The number of fused-ring (bicyclic) bond motifs is 1. The predicted molar refractivity (Wildman–Crippen MR) is 42.9 cm³/mol. The van der Waals surface area contributed by atoms with Crippen molar-refractivity contribution in [2.75, 3.05) is 13.1 Å². The van der Waals surface area contributed by atoms with E-state index >= 15 is 0 Å². The van der Waals surface area contributed by atoms with Crippen LogP contribution >= 0.6 is 0 Å². The number of rotatable bonds is 3. The van der Waals surface area contributed by atoms with Gasteiger partial charge in [-0.3, -0.25) is 0 Å². The van der Waals surface area contributed by atoms with Gasteiger partial charge in [-0.1, -0.05) is 6.92 Å². The monoisotopic (exact) mass is 139 g/mol. The van der Waals surface area contributed by atoms with Gasteiger partial charge in [-0.25, -0.2) is 0 Å². The fourth-order valence-electron chi connectivity index (χ4n) is 2.41. The number of hydrogen-bond donors (Lipinski definition) is 1. The van der Waals surface area contributed by atoms with E-state index in [1.807, 2.05) is 0 Å². The van der Waals surface area contributed by atoms with Gasteiger partial charge in [-0.15, -0.1) is 0 Å². The summed E-state index contributed by atoms with van der Waals surface area (Å²) in [6, 6.07) is 0. The summed E-state index contributed by atoms with van der Waals surface area (Å²) >= 11 is 0. The maximum absolute atomic E-state index is 3.45. The molecule has 0 aliphatic heterocycles. The van der Waals surface area contributed by atoms with Crippen molar-refractivity contribution >= 4 is 0 Å². The molecule has 0 spiro atoms. The van der Waals surface area contributed by atoms with Crippen LogP contribution < -0.4 is 5.32 Å². The molecule has 0 aromatic carbocycles. The molecule has 1 heteroatoms. The molecule has 3 atom stereocenters. The van der Waals surface area contributed by atoms with Crippen molar-refractivity contribution in [2.45, 2.75) is 26.2 Å². The Morgan fingerprint density at radius 2 is 2.30 bits per heavy atom. The summed E-state index contributed by atoms with van der Waals surface area (Å²) in [7, 11) is 0. The zero-order chi connectivity index (χ0) is 6.97. The summed E-state index contributed by atoms with van der Waals surface area (Å²) < 4.78 is 0. The Morgan fingerprint density at radius 3 is 2.80 bits per heavy atom. The molecule has 0 aromatic heterocycles.